The molecule has 1 atom stereocenters. The third-order valence-electron chi connectivity index (χ3n) is 1.98. The molecule has 0 aliphatic heterocycles. The summed E-state index contributed by atoms with van der Waals surface area (Å²) >= 11 is 5.90. The van der Waals surface area contributed by atoms with Crippen molar-refractivity contribution in [2.75, 3.05) is 12.3 Å². The maximum Gasteiger partial charge on any atom is 0.152 e. The number of nitrogen functional groups attached to an aromatic ring is 1. The van der Waals surface area contributed by atoms with Crippen LogP contribution in [0.15, 0.2) is 18.2 Å². The van der Waals surface area contributed by atoms with Gasteiger partial charge in [-0.15, -0.1) is 11.6 Å². The average Bonchev–Trinajstić information content (AvgIpc) is 2.20. The Morgan fingerprint density at radius 1 is 1.60 bits per heavy atom. The van der Waals surface area contributed by atoms with Gasteiger partial charge in [0.2, 0.25) is 0 Å². The van der Waals surface area contributed by atoms with Gasteiger partial charge in [-0.2, -0.15) is 0 Å². The van der Waals surface area contributed by atoms with Gasteiger partial charge < -0.3 is 10.5 Å². The molecule has 1 aromatic rings. The number of carbonyl (C=O) groups excluding carboxylic acids is 1. The van der Waals surface area contributed by atoms with Crippen LogP contribution in [-0.4, -0.2) is 12.4 Å². The summed E-state index contributed by atoms with van der Waals surface area (Å²) in [5, 5.41) is -0.636. The van der Waals surface area contributed by atoms with Crippen LogP contribution in [-0.2, 0) is 4.79 Å². The highest BCUT2D eigenvalue weighted by atomic mass is 35.5. The first-order valence-electron chi connectivity index (χ1n) is 4.73. The molecule has 2 N–H and O–H groups in total. The van der Waals surface area contributed by atoms with Gasteiger partial charge in [-0.1, -0.05) is 6.07 Å². The molecule has 0 amide bonds. The van der Waals surface area contributed by atoms with Crippen LogP contribution in [0.3, 0.4) is 0 Å². The molecule has 3 nitrogen and oxygen atoms in total. The predicted octanol–water partition coefficient (Wildman–Crippen LogP) is 2.54. The number of anilines is 1. The Morgan fingerprint density at radius 3 is 2.73 bits per heavy atom. The monoisotopic (exact) mass is 227 g/mol. The minimum Gasteiger partial charge on any atom is -0.492 e. The summed E-state index contributed by atoms with van der Waals surface area (Å²) in [5.74, 6) is 0.522. The fraction of sp³-hybridized carbons (Fsp3) is 0.364. The lowest BCUT2D eigenvalue weighted by Gasteiger charge is -2.10. The van der Waals surface area contributed by atoms with Crippen molar-refractivity contribution < 1.29 is 9.53 Å². The topological polar surface area (TPSA) is 52.3 Å². The van der Waals surface area contributed by atoms with Crippen LogP contribution in [0, 0.1) is 0 Å². The SMILES string of the molecule is CCOc1ccc(C(Cl)C(C)=O)cc1N. The second-order valence-corrected chi connectivity index (χ2v) is 3.64. The Kier molecular flexibility index (Phi) is 3.97. The van der Waals surface area contributed by atoms with Gasteiger partial charge in [-0.25, -0.2) is 0 Å². The van der Waals surface area contributed by atoms with E-state index in [1.165, 1.54) is 6.92 Å². The number of hydrogen-bond acceptors (Lipinski definition) is 3. The van der Waals surface area contributed by atoms with E-state index in [-0.39, 0.29) is 5.78 Å². The van der Waals surface area contributed by atoms with Crippen LogP contribution >= 0.6 is 11.6 Å². The van der Waals surface area contributed by atoms with Gasteiger partial charge in [0.25, 0.3) is 0 Å². The molecule has 0 aliphatic rings. The number of ketones is 1. The molecular weight excluding hydrogens is 214 g/mol. The Balaban J connectivity index is 2.95. The van der Waals surface area contributed by atoms with Gasteiger partial charge >= 0.3 is 0 Å². The summed E-state index contributed by atoms with van der Waals surface area (Å²) in [6, 6.07) is 5.15. The van der Waals surface area contributed by atoms with Crippen molar-refractivity contribution in [2.24, 2.45) is 0 Å². The van der Waals surface area contributed by atoms with Crippen LogP contribution in [0.4, 0.5) is 5.69 Å². The van der Waals surface area contributed by atoms with E-state index in [1.807, 2.05) is 6.92 Å². The van der Waals surface area contributed by atoms with E-state index in [0.29, 0.717) is 23.6 Å². The summed E-state index contributed by atoms with van der Waals surface area (Å²) < 4.78 is 5.28. The van der Waals surface area contributed by atoms with Crippen molar-refractivity contribution in [3.63, 3.8) is 0 Å². The number of halogens is 1. The zero-order chi connectivity index (χ0) is 11.4. The van der Waals surface area contributed by atoms with E-state index in [2.05, 4.69) is 0 Å². The summed E-state index contributed by atoms with van der Waals surface area (Å²) in [6.07, 6.45) is 0. The van der Waals surface area contributed by atoms with Crippen molar-refractivity contribution >= 4 is 23.1 Å². The number of ether oxygens (including phenoxy) is 1. The van der Waals surface area contributed by atoms with E-state index in [0.717, 1.165) is 0 Å². The molecule has 0 radical (unpaired) electrons. The highest BCUT2D eigenvalue weighted by Crippen LogP contribution is 2.28. The molecule has 0 spiro atoms. The number of rotatable bonds is 4. The lowest BCUT2D eigenvalue weighted by molar-refractivity contribution is -0.116. The van der Waals surface area contributed by atoms with Crippen molar-refractivity contribution in [1.29, 1.82) is 0 Å². The summed E-state index contributed by atoms with van der Waals surface area (Å²) in [6.45, 7) is 3.89. The number of benzene rings is 1. The Hall–Kier alpha value is -1.22. The smallest absolute Gasteiger partial charge is 0.152 e. The van der Waals surface area contributed by atoms with Crippen molar-refractivity contribution in [1.82, 2.24) is 0 Å². The summed E-state index contributed by atoms with van der Waals surface area (Å²) in [5.41, 5.74) is 6.95. The van der Waals surface area contributed by atoms with Gasteiger partial charge in [-0.05, 0) is 31.5 Å². The fourth-order valence-electron chi connectivity index (χ4n) is 1.25. The zero-order valence-electron chi connectivity index (χ0n) is 8.79. The van der Waals surface area contributed by atoms with E-state index in [1.54, 1.807) is 18.2 Å². The van der Waals surface area contributed by atoms with Crippen LogP contribution in [0.1, 0.15) is 24.8 Å². The maximum atomic E-state index is 11.1. The highest BCUT2D eigenvalue weighted by molar-refractivity contribution is 6.30. The van der Waals surface area contributed by atoms with Gasteiger partial charge in [0.15, 0.2) is 5.78 Å². The first-order valence-corrected chi connectivity index (χ1v) is 5.16. The predicted molar refractivity (Wildman–Crippen MR) is 61.3 cm³/mol. The second-order valence-electron chi connectivity index (χ2n) is 3.20. The molecular formula is C11H14ClNO2. The van der Waals surface area contributed by atoms with E-state index >= 15 is 0 Å². The molecule has 1 aromatic carbocycles. The minimum absolute atomic E-state index is 0.0970. The zero-order valence-corrected chi connectivity index (χ0v) is 9.54. The molecule has 82 valence electrons. The fourth-order valence-corrected chi connectivity index (χ4v) is 1.38. The van der Waals surface area contributed by atoms with Gasteiger partial charge in [0, 0.05) is 0 Å². The number of nitrogens with two attached hydrogens (primary N) is 1. The largest absolute Gasteiger partial charge is 0.492 e. The third-order valence-corrected chi connectivity index (χ3v) is 2.54. The molecule has 0 saturated heterocycles. The van der Waals surface area contributed by atoms with Gasteiger partial charge in [0.05, 0.1) is 12.3 Å². The molecule has 0 aliphatic carbocycles. The first-order chi connectivity index (χ1) is 7.06. The molecule has 0 saturated carbocycles. The molecule has 0 bridgehead atoms. The number of Topliss-reactive ketones (excluding diaryl/α,β-unsaturated/α-hetero) is 1. The quantitative estimate of drug-likeness (QED) is 0.635. The molecule has 0 heterocycles. The molecule has 1 rings (SSSR count). The highest BCUT2D eigenvalue weighted by Gasteiger charge is 2.14. The first kappa shape index (κ1) is 11.9. The van der Waals surface area contributed by atoms with E-state index < -0.39 is 5.38 Å². The standard InChI is InChI=1S/C11H14ClNO2/c1-3-15-10-5-4-8(6-9(10)13)11(12)7(2)14/h4-6,11H,3,13H2,1-2H3. The van der Waals surface area contributed by atoms with Crippen LogP contribution in [0.5, 0.6) is 5.75 Å². The van der Waals surface area contributed by atoms with Gasteiger partial charge in [-0.3, -0.25) is 4.79 Å². The number of hydrogen-bond donors (Lipinski definition) is 1. The molecule has 4 heteroatoms. The molecule has 15 heavy (non-hydrogen) atoms. The van der Waals surface area contributed by atoms with Crippen molar-refractivity contribution in [3.05, 3.63) is 23.8 Å². The Labute approximate surface area is 94.2 Å². The Morgan fingerprint density at radius 2 is 2.27 bits per heavy atom. The van der Waals surface area contributed by atoms with Crippen LogP contribution < -0.4 is 10.5 Å². The van der Waals surface area contributed by atoms with Crippen molar-refractivity contribution in [2.45, 2.75) is 19.2 Å². The number of alkyl halides is 1. The lowest BCUT2D eigenvalue weighted by Crippen LogP contribution is -2.03. The normalized spacial score (nSPS) is 12.2. The Bertz CT molecular complexity index is 366. The number of carbonyl (C=O) groups is 1. The summed E-state index contributed by atoms with van der Waals surface area (Å²) in [7, 11) is 0. The van der Waals surface area contributed by atoms with E-state index in [9.17, 15) is 4.79 Å². The van der Waals surface area contributed by atoms with Crippen LogP contribution in [0.25, 0.3) is 0 Å². The van der Waals surface area contributed by atoms with Crippen LogP contribution in [0.2, 0.25) is 0 Å². The molecule has 0 aromatic heterocycles. The molecule has 1 unspecified atom stereocenters. The van der Waals surface area contributed by atoms with Gasteiger partial charge in [0.1, 0.15) is 11.1 Å². The van der Waals surface area contributed by atoms with Crippen molar-refractivity contribution in [3.8, 4) is 5.75 Å². The maximum absolute atomic E-state index is 11.1. The molecule has 0 fully saturated rings. The summed E-state index contributed by atoms with van der Waals surface area (Å²) in [4.78, 5) is 11.1. The van der Waals surface area contributed by atoms with E-state index in [4.69, 9.17) is 22.1 Å². The second kappa shape index (κ2) is 5.03. The average molecular weight is 228 g/mol. The third kappa shape index (κ3) is 2.86. The minimum atomic E-state index is -0.636. The lowest BCUT2D eigenvalue weighted by atomic mass is 10.1.